The van der Waals surface area contributed by atoms with E-state index in [9.17, 15) is 0 Å². The Morgan fingerprint density at radius 1 is 1.44 bits per heavy atom. The lowest BCUT2D eigenvalue weighted by Crippen LogP contribution is -1.87. The molecule has 0 aliphatic carbocycles. The molecule has 0 saturated heterocycles. The minimum Gasteiger partial charge on any atom is -0.0888 e. The first-order valence-corrected chi connectivity index (χ1v) is 3.75. The maximum atomic E-state index is 3.83. The van der Waals surface area contributed by atoms with Crippen molar-refractivity contribution in [3.8, 4) is 0 Å². The van der Waals surface area contributed by atoms with Gasteiger partial charge >= 0.3 is 0 Å². The molecule has 0 N–H and O–H groups in total. The fourth-order valence-corrected chi connectivity index (χ4v) is 0.613. The van der Waals surface area contributed by atoms with Crippen LogP contribution in [0.5, 0.6) is 0 Å². The molecule has 0 heterocycles. The molecule has 0 aromatic carbocycles. The molecule has 0 spiro atoms. The van der Waals surface area contributed by atoms with E-state index in [0.717, 1.165) is 18.8 Å². The summed E-state index contributed by atoms with van der Waals surface area (Å²) in [5.41, 5.74) is 0. The summed E-state index contributed by atoms with van der Waals surface area (Å²) in [5.74, 6) is 0.757. The standard InChI is InChI=1S/C9H17/c1-4-6-7-8-9(3)5-2/h6-7,9H,2,4-5,8H2,1,3H3/q+1/b7-6+. The van der Waals surface area contributed by atoms with Gasteiger partial charge in [-0.15, -0.1) is 0 Å². The number of hydrogen-bond acceptors (Lipinski definition) is 0. The van der Waals surface area contributed by atoms with E-state index in [1.165, 1.54) is 6.42 Å². The van der Waals surface area contributed by atoms with Crippen molar-refractivity contribution in [2.24, 2.45) is 5.92 Å². The molecule has 1 atom stereocenters. The Morgan fingerprint density at radius 2 is 2.11 bits per heavy atom. The molecule has 0 heteroatoms. The van der Waals surface area contributed by atoms with Gasteiger partial charge in [0.05, 0.1) is 13.3 Å². The Kier molecular flexibility index (Phi) is 5.49. The molecule has 0 saturated carbocycles. The quantitative estimate of drug-likeness (QED) is 0.400. The van der Waals surface area contributed by atoms with Crippen molar-refractivity contribution in [1.29, 1.82) is 0 Å². The van der Waals surface area contributed by atoms with E-state index in [0.29, 0.717) is 0 Å². The largest absolute Gasteiger partial charge is 0.0888 e. The van der Waals surface area contributed by atoms with Crippen molar-refractivity contribution in [3.63, 3.8) is 0 Å². The smallest absolute Gasteiger partial charge is 0.0879 e. The highest BCUT2D eigenvalue weighted by Crippen LogP contribution is 2.06. The number of rotatable bonds is 4. The molecule has 0 rings (SSSR count). The molecular formula is C9H17+. The van der Waals surface area contributed by atoms with Crippen LogP contribution < -0.4 is 0 Å². The minimum atomic E-state index is 0.757. The van der Waals surface area contributed by atoms with E-state index in [1.54, 1.807) is 0 Å². The van der Waals surface area contributed by atoms with Crippen LogP contribution in [0.25, 0.3) is 0 Å². The Balaban J connectivity index is 3.15. The van der Waals surface area contributed by atoms with Crippen molar-refractivity contribution < 1.29 is 0 Å². The van der Waals surface area contributed by atoms with Crippen LogP contribution in [0.3, 0.4) is 0 Å². The van der Waals surface area contributed by atoms with Crippen LogP contribution in [0, 0.1) is 12.8 Å². The highest BCUT2D eigenvalue weighted by molar-refractivity contribution is 4.81. The van der Waals surface area contributed by atoms with E-state index >= 15 is 0 Å². The average Bonchev–Trinajstić information content (AvgIpc) is 1.89. The van der Waals surface area contributed by atoms with Gasteiger partial charge in [-0.2, -0.15) is 0 Å². The third-order valence-electron chi connectivity index (χ3n) is 1.43. The summed E-state index contributed by atoms with van der Waals surface area (Å²) in [6.45, 7) is 8.22. The fourth-order valence-electron chi connectivity index (χ4n) is 0.613. The Morgan fingerprint density at radius 3 is 2.56 bits per heavy atom. The molecule has 52 valence electrons. The number of allylic oxidation sites excluding steroid dienone is 2. The molecule has 0 aliphatic rings. The van der Waals surface area contributed by atoms with Crippen LogP contribution >= 0.6 is 0 Å². The summed E-state index contributed by atoms with van der Waals surface area (Å²) in [5, 5.41) is 0. The molecular weight excluding hydrogens is 108 g/mol. The SMILES string of the molecule is [CH2+]CC(C)C/C=C/CC. The first kappa shape index (κ1) is 8.61. The van der Waals surface area contributed by atoms with E-state index < -0.39 is 0 Å². The van der Waals surface area contributed by atoms with Crippen molar-refractivity contribution in [1.82, 2.24) is 0 Å². The van der Waals surface area contributed by atoms with Gasteiger partial charge in [0.15, 0.2) is 0 Å². The Bertz CT molecular complexity index is 72.1. The van der Waals surface area contributed by atoms with Crippen molar-refractivity contribution in [2.45, 2.75) is 33.1 Å². The van der Waals surface area contributed by atoms with Gasteiger partial charge in [-0.1, -0.05) is 26.0 Å². The fraction of sp³-hybridized carbons (Fsp3) is 0.667. The van der Waals surface area contributed by atoms with Crippen LogP contribution in [0.2, 0.25) is 0 Å². The average molecular weight is 125 g/mol. The number of hydrogen-bond donors (Lipinski definition) is 0. The third-order valence-corrected chi connectivity index (χ3v) is 1.43. The van der Waals surface area contributed by atoms with Crippen LogP contribution in [0.4, 0.5) is 0 Å². The van der Waals surface area contributed by atoms with Gasteiger partial charge in [0, 0.05) is 0 Å². The van der Waals surface area contributed by atoms with Crippen molar-refractivity contribution in [3.05, 3.63) is 19.1 Å². The molecule has 0 radical (unpaired) electrons. The summed E-state index contributed by atoms with van der Waals surface area (Å²) >= 11 is 0. The highest BCUT2D eigenvalue weighted by Gasteiger charge is 1.96. The Labute approximate surface area is 59.0 Å². The lowest BCUT2D eigenvalue weighted by Gasteiger charge is -1.97. The van der Waals surface area contributed by atoms with Gasteiger partial charge < -0.3 is 0 Å². The van der Waals surface area contributed by atoms with Crippen molar-refractivity contribution in [2.75, 3.05) is 0 Å². The summed E-state index contributed by atoms with van der Waals surface area (Å²) in [6.07, 6.45) is 7.86. The predicted molar refractivity (Wildman–Crippen MR) is 43.2 cm³/mol. The molecule has 0 aliphatic heterocycles. The second kappa shape index (κ2) is 5.74. The van der Waals surface area contributed by atoms with E-state index in [-0.39, 0.29) is 0 Å². The lowest BCUT2D eigenvalue weighted by molar-refractivity contribution is 0.600. The molecule has 0 amide bonds. The molecule has 0 aromatic heterocycles. The topological polar surface area (TPSA) is 0 Å². The molecule has 0 fully saturated rings. The van der Waals surface area contributed by atoms with Crippen LogP contribution in [-0.4, -0.2) is 0 Å². The van der Waals surface area contributed by atoms with Crippen LogP contribution in [0.1, 0.15) is 33.1 Å². The maximum absolute atomic E-state index is 3.83. The Hall–Kier alpha value is -0.390. The van der Waals surface area contributed by atoms with E-state index in [1.807, 2.05) is 0 Å². The summed E-state index contributed by atoms with van der Waals surface area (Å²) < 4.78 is 0. The molecule has 0 aromatic rings. The maximum Gasteiger partial charge on any atom is 0.0879 e. The zero-order valence-electron chi connectivity index (χ0n) is 6.56. The highest BCUT2D eigenvalue weighted by atomic mass is 14.0. The summed E-state index contributed by atoms with van der Waals surface area (Å²) in [4.78, 5) is 0. The van der Waals surface area contributed by atoms with Gasteiger partial charge in [-0.25, -0.2) is 0 Å². The molecule has 1 unspecified atom stereocenters. The second-order valence-electron chi connectivity index (χ2n) is 2.51. The molecule has 0 nitrogen and oxygen atoms in total. The van der Waals surface area contributed by atoms with Gasteiger partial charge in [0.25, 0.3) is 0 Å². The van der Waals surface area contributed by atoms with Gasteiger partial charge in [-0.3, -0.25) is 0 Å². The van der Waals surface area contributed by atoms with Crippen molar-refractivity contribution >= 4 is 0 Å². The monoisotopic (exact) mass is 125 g/mol. The summed E-state index contributed by atoms with van der Waals surface area (Å²) in [7, 11) is 0. The lowest BCUT2D eigenvalue weighted by atomic mass is 10.1. The zero-order chi connectivity index (χ0) is 7.11. The van der Waals surface area contributed by atoms with Crippen LogP contribution in [0.15, 0.2) is 12.2 Å². The minimum absolute atomic E-state index is 0.757. The van der Waals surface area contributed by atoms with E-state index in [4.69, 9.17) is 0 Å². The van der Waals surface area contributed by atoms with E-state index in [2.05, 4.69) is 32.9 Å². The van der Waals surface area contributed by atoms with Gasteiger partial charge in [-0.05, 0) is 18.8 Å². The molecule has 0 bridgehead atoms. The van der Waals surface area contributed by atoms with Gasteiger partial charge in [0.1, 0.15) is 0 Å². The third kappa shape index (κ3) is 5.48. The predicted octanol–water partition coefficient (Wildman–Crippen LogP) is 3.20. The second-order valence-corrected chi connectivity index (χ2v) is 2.51. The normalized spacial score (nSPS) is 14.4. The molecule has 9 heavy (non-hydrogen) atoms. The first-order valence-electron chi connectivity index (χ1n) is 3.75. The van der Waals surface area contributed by atoms with Gasteiger partial charge in [0.2, 0.25) is 0 Å². The summed E-state index contributed by atoms with van der Waals surface area (Å²) in [6, 6.07) is 0. The first-order chi connectivity index (χ1) is 4.31. The van der Waals surface area contributed by atoms with Crippen LogP contribution in [-0.2, 0) is 0 Å². The zero-order valence-corrected chi connectivity index (χ0v) is 6.56.